The number of carbonyl (C=O) groups excluding carboxylic acids is 1. The number of piperidine rings is 1. The number of phenols is 2. The van der Waals surface area contributed by atoms with Crippen LogP contribution < -0.4 is 5.32 Å². The number of nitrogens with one attached hydrogen (secondary N) is 1. The molecule has 1 heterocycles. The van der Waals surface area contributed by atoms with Crippen molar-refractivity contribution in [2.75, 3.05) is 26.7 Å². The molecule has 1 amide bonds. The van der Waals surface area contributed by atoms with E-state index in [0.29, 0.717) is 12.5 Å². The van der Waals surface area contributed by atoms with Crippen molar-refractivity contribution in [1.29, 1.82) is 0 Å². The van der Waals surface area contributed by atoms with E-state index >= 15 is 0 Å². The summed E-state index contributed by atoms with van der Waals surface area (Å²) < 4.78 is 0. The van der Waals surface area contributed by atoms with Gasteiger partial charge in [0.1, 0.15) is 11.5 Å². The molecule has 2 rings (SSSR count). The Labute approximate surface area is 112 Å². The van der Waals surface area contributed by atoms with Gasteiger partial charge in [-0.1, -0.05) is 0 Å². The number of hydrogen-bond donors (Lipinski definition) is 3. The Kier molecular flexibility index (Phi) is 4.27. The number of rotatable bonds is 3. The lowest BCUT2D eigenvalue weighted by Gasteiger charge is -2.29. The molecule has 0 saturated carbocycles. The summed E-state index contributed by atoms with van der Waals surface area (Å²) in [6, 6.07) is 3.90. The van der Waals surface area contributed by atoms with Crippen LogP contribution in [0.4, 0.5) is 0 Å². The molecule has 0 radical (unpaired) electrons. The Balaban J connectivity index is 1.90. The molecule has 1 atom stereocenters. The molecule has 1 unspecified atom stereocenters. The Morgan fingerprint density at radius 3 is 2.68 bits per heavy atom. The second kappa shape index (κ2) is 5.93. The molecule has 1 aromatic carbocycles. The minimum atomic E-state index is -0.264. The van der Waals surface area contributed by atoms with Gasteiger partial charge >= 0.3 is 0 Å². The van der Waals surface area contributed by atoms with E-state index in [4.69, 9.17) is 0 Å². The molecular formula is C14H20N2O3. The highest BCUT2D eigenvalue weighted by Gasteiger charge is 2.18. The highest BCUT2D eigenvalue weighted by molar-refractivity contribution is 5.95. The lowest BCUT2D eigenvalue weighted by atomic mass is 9.98. The normalized spacial score (nSPS) is 20.2. The van der Waals surface area contributed by atoms with Crippen LogP contribution in [-0.4, -0.2) is 47.7 Å². The zero-order chi connectivity index (χ0) is 13.8. The van der Waals surface area contributed by atoms with E-state index in [1.807, 2.05) is 0 Å². The molecule has 1 fully saturated rings. The maximum absolute atomic E-state index is 11.9. The third kappa shape index (κ3) is 3.86. The third-order valence-corrected chi connectivity index (χ3v) is 3.44. The van der Waals surface area contributed by atoms with Gasteiger partial charge in [-0.3, -0.25) is 4.79 Å². The van der Waals surface area contributed by atoms with Gasteiger partial charge in [-0.05, 0) is 44.5 Å². The van der Waals surface area contributed by atoms with Gasteiger partial charge < -0.3 is 20.4 Å². The summed E-state index contributed by atoms with van der Waals surface area (Å²) in [6.45, 7) is 2.73. The van der Waals surface area contributed by atoms with Gasteiger partial charge in [0.25, 0.3) is 5.91 Å². The van der Waals surface area contributed by atoms with Crippen molar-refractivity contribution in [3.63, 3.8) is 0 Å². The molecule has 104 valence electrons. The minimum Gasteiger partial charge on any atom is -0.508 e. The fourth-order valence-electron chi connectivity index (χ4n) is 2.51. The quantitative estimate of drug-likeness (QED) is 0.766. The summed E-state index contributed by atoms with van der Waals surface area (Å²) in [4.78, 5) is 14.2. The van der Waals surface area contributed by atoms with Crippen LogP contribution in [0.25, 0.3) is 0 Å². The highest BCUT2D eigenvalue weighted by atomic mass is 16.3. The Morgan fingerprint density at radius 1 is 1.37 bits per heavy atom. The lowest BCUT2D eigenvalue weighted by Crippen LogP contribution is -2.39. The predicted octanol–water partition coefficient (Wildman–Crippen LogP) is 1.17. The fourth-order valence-corrected chi connectivity index (χ4v) is 2.51. The van der Waals surface area contributed by atoms with E-state index in [1.54, 1.807) is 0 Å². The average Bonchev–Trinajstić information content (AvgIpc) is 2.35. The molecule has 1 aliphatic heterocycles. The summed E-state index contributed by atoms with van der Waals surface area (Å²) in [5, 5.41) is 21.6. The Hall–Kier alpha value is -1.75. The molecule has 1 aliphatic rings. The standard InChI is InChI=1S/C14H20N2O3/c1-16-4-2-3-10(9-16)8-15-14(19)11-5-12(17)7-13(18)6-11/h5-7,10,17-18H,2-4,8-9H2,1H3,(H,15,19). The molecule has 5 nitrogen and oxygen atoms in total. The van der Waals surface area contributed by atoms with Gasteiger partial charge in [0.15, 0.2) is 0 Å². The van der Waals surface area contributed by atoms with Crippen LogP contribution in [0, 0.1) is 5.92 Å². The van der Waals surface area contributed by atoms with Gasteiger partial charge in [0, 0.05) is 24.7 Å². The Bertz CT molecular complexity index is 442. The first-order valence-electron chi connectivity index (χ1n) is 6.54. The van der Waals surface area contributed by atoms with Crippen LogP contribution in [-0.2, 0) is 0 Å². The van der Waals surface area contributed by atoms with Crippen molar-refractivity contribution < 1.29 is 15.0 Å². The van der Waals surface area contributed by atoms with E-state index < -0.39 is 0 Å². The monoisotopic (exact) mass is 264 g/mol. The number of nitrogens with zero attached hydrogens (tertiary/aromatic N) is 1. The largest absolute Gasteiger partial charge is 0.508 e. The second-order valence-electron chi connectivity index (χ2n) is 5.22. The molecule has 5 heteroatoms. The summed E-state index contributed by atoms with van der Waals surface area (Å²) in [7, 11) is 2.08. The zero-order valence-corrected chi connectivity index (χ0v) is 11.1. The summed E-state index contributed by atoms with van der Waals surface area (Å²) >= 11 is 0. The van der Waals surface area contributed by atoms with Gasteiger partial charge in [0.2, 0.25) is 0 Å². The van der Waals surface area contributed by atoms with Crippen LogP contribution >= 0.6 is 0 Å². The zero-order valence-electron chi connectivity index (χ0n) is 11.1. The Morgan fingerprint density at radius 2 is 2.05 bits per heavy atom. The molecule has 1 saturated heterocycles. The molecular weight excluding hydrogens is 244 g/mol. The van der Waals surface area contributed by atoms with Crippen molar-refractivity contribution in [3.05, 3.63) is 23.8 Å². The minimum absolute atomic E-state index is 0.109. The van der Waals surface area contributed by atoms with Crippen molar-refractivity contribution in [1.82, 2.24) is 10.2 Å². The maximum atomic E-state index is 11.9. The van der Waals surface area contributed by atoms with Gasteiger partial charge in [-0.25, -0.2) is 0 Å². The fraction of sp³-hybridized carbons (Fsp3) is 0.500. The average molecular weight is 264 g/mol. The van der Waals surface area contributed by atoms with E-state index in [0.717, 1.165) is 25.9 Å². The molecule has 19 heavy (non-hydrogen) atoms. The topological polar surface area (TPSA) is 72.8 Å². The van der Waals surface area contributed by atoms with Gasteiger partial charge in [-0.15, -0.1) is 0 Å². The lowest BCUT2D eigenvalue weighted by molar-refractivity contribution is 0.0936. The van der Waals surface area contributed by atoms with E-state index in [-0.39, 0.29) is 23.0 Å². The molecule has 3 N–H and O–H groups in total. The molecule has 0 spiro atoms. The number of amides is 1. The van der Waals surface area contributed by atoms with Crippen molar-refractivity contribution in [2.24, 2.45) is 5.92 Å². The smallest absolute Gasteiger partial charge is 0.251 e. The number of phenolic OH excluding ortho intramolecular Hbond substituents is 2. The highest BCUT2D eigenvalue weighted by Crippen LogP contribution is 2.20. The molecule has 1 aromatic rings. The number of likely N-dealkylation sites (tertiary alicyclic amines) is 1. The summed E-state index contributed by atoms with van der Waals surface area (Å²) in [5.74, 6) is -0.0156. The van der Waals surface area contributed by atoms with Crippen LogP contribution in [0.15, 0.2) is 18.2 Å². The van der Waals surface area contributed by atoms with Crippen LogP contribution in [0.2, 0.25) is 0 Å². The first-order valence-corrected chi connectivity index (χ1v) is 6.54. The number of aromatic hydroxyl groups is 2. The molecule has 0 aromatic heterocycles. The molecule has 0 bridgehead atoms. The maximum Gasteiger partial charge on any atom is 0.251 e. The van der Waals surface area contributed by atoms with E-state index in [2.05, 4.69) is 17.3 Å². The third-order valence-electron chi connectivity index (χ3n) is 3.44. The SMILES string of the molecule is CN1CCCC(CNC(=O)c2cc(O)cc(O)c2)C1. The van der Waals surface area contributed by atoms with Crippen LogP contribution in [0.5, 0.6) is 11.5 Å². The summed E-state index contributed by atoms with van der Waals surface area (Å²) in [5.41, 5.74) is 0.279. The van der Waals surface area contributed by atoms with E-state index in [1.165, 1.54) is 18.2 Å². The van der Waals surface area contributed by atoms with Gasteiger partial charge in [-0.2, -0.15) is 0 Å². The summed E-state index contributed by atoms with van der Waals surface area (Å²) in [6.07, 6.45) is 2.28. The molecule has 0 aliphatic carbocycles. The van der Waals surface area contributed by atoms with Crippen molar-refractivity contribution in [2.45, 2.75) is 12.8 Å². The first-order chi connectivity index (χ1) is 9.04. The first kappa shape index (κ1) is 13.7. The van der Waals surface area contributed by atoms with Crippen molar-refractivity contribution in [3.8, 4) is 11.5 Å². The van der Waals surface area contributed by atoms with Gasteiger partial charge in [0.05, 0.1) is 0 Å². The van der Waals surface area contributed by atoms with E-state index in [9.17, 15) is 15.0 Å². The van der Waals surface area contributed by atoms with Crippen LogP contribution in [0.1, 0.15) is 23.2 Å². The number of benzene rings is 1. The number of carbonyl (C=O) groups is 1. The second-order valence-corrected chi connectivity index (χ2v) is 5.22. The number of hydrogen-bond acceptors (Lipinski definition) is 4. The van der Waals surface area contributed by atoms with Crippen molar-refractivity contribution >= 4 is 5.91 Å². The predicted molar refractivity (Wildman–Crippen MR) is 72.3 cm³/mol. The van der Waals surface area contributed by atoms with Crippen LogP contribution in [0.3, 0.4) is 0 Å².